The topological polar surface area (TPSA) is 33.6 Å². The molecule has 0 saturated heterocycles. The molecule has 3 rings (SSSR count). The largest absolute Gasteiger partial charge is 0.489 e. The summed E-state index contributed by atoms with van der Waals surface area (Å²) in [5.41, 5.74) is 2.15. The Kier molecular flexibility index (Phi) is 3.88. The van der Waals surface area contributed by atoms with Crippen LogP contribution in [0.1, 0.15) is 11.1 Å². The standard InChI is InChI=1S/C16H15ClN2O/c17-14-3-1-2-12(10-14)11-20-15-6-4-13(5-7-15)16-18-8-9-19-16/h1-7,10H,8-9,11H2,(H,18,19). The van der Waals surface area contributed by atoms with E-state index in [0.29, 0.717) is 6.61 Å². The fourth-order valence-corrected chi connectivity index (χ4v) is 2.31. The van der Waals surface area contributed by atoms with Crippen LogP contribution >= 0.6 is 11.6 Å². The van der Waals surface area contributed by atoms with Crippen molar-refractivity contribution in [3.63, 3.8) is 0 Å². The Hall–Kier alpha value is -2.00. The molecule has 0 saturated carbocycles. The van der Waals surface area contributed by atoms with Gasteiger partial charge >= 0.3 is 0 Å². The molecule has 0 bridgehead atoms. The minimum Gasteiger partial charge on any atom is -0.489 e. The lowest BCUT2D eigenvalue weighted by Gasteiger charge is -2.08. The molecule has 2 aromatic carbocycles. The van der Waals surface area contributed by atoms with E-state index in [0.717, 1.165) is 40.8 Å². The quantitative estimate of drug-likeness (QED) is 0.936. The Bertz CT molecular complexity index is 623. The summed E-state index contributed by atoms with van der Waals surface area (Å²) < 4.78 is 5.75. The molecular weight excluding hydrogens is 272 g/mol. The molecule has 0 radical (unpaired) electrons. The van der Waals surface area contributed by atoms with Crippen molar-refractivity contribution in [2.45, 2.75) is 6.61 Å². The van der Waals surface area contributed by atoms with Gasteiger partial charge in [-0.25, -0.2) is 0 Å². The highest BCUT2D eigenvalue weighted by Crippen LogP contribution is 2.16. The third-order valence-corrected chi connectivity index (χ3v) is 3.33. The van der Waals surface area contributed by atoms with Crippen molar-refractivity contribution in [2.24, 2.45) is 4.99 Å². The van der Waals surface area contributed by atoms with Crippen molar-refractivity contribution in [1.82, 2.24) is 5.32 Å². The third-order valence-electron chi connectivity index (χ3n) is 3.10. The van der Waals surface area contributed by atoms with Gasteiger partial charge in [-0.05, 0) is 42.0 Å². The summed E-state index contributed by atoms with van der Waals surface area (Å²) in [6.45, 7) is 2.28. The molecule has 0 aromatic heterocycles. The minimum atomic E-state index is 0.513. The Morgan fingerprint density at radius 3 is 2.70 bits per heavy atom. The molecule has 20 heavy (non-hydrogen) atoms. The van der Waals surface area contributed by atoms with Crippen LogP contribution in [0.15, 0.2) is 53.5 Å². The Morgan fingerprint density at radius 1 is 1.15 bits per heavy atom. The predicted octanol–water partition coefficient (Wildman–Crippen LogP) is 3.27. The second-order valence-corrected chi connectivity index (χ2v) is 5.04. The van der Waals surface area contributed by atoms with Gasteiger partial charge in [0.05, 0.1) is 6.54 Å². The first-order valence-corrected chi connectivity index (χ1v) is 6.95. The number of benzene rings is 2. The second kappa shape index (κ2) is 5.97. The van der Waals surface area contributed by atoms with Gasteiger partial charge in [-0.2, -0.15) is 0 Å². The fraction of sp³-hybridized carbons (Fsp3) is 0.188. The smallest absolute Gasteiger partial charge is 0.128 e. The zero-order valence-electron chi connectivity index (χ0n) is 11.0. The van der Waals surface area contributed by atoms with Crippen LogP contribution in [0.5, 0.6) is 5.75 Å². The predicted molar refractivity (Wildman–Crippen MR) is 81.6 cm³/mol. The van der Waals surface area contributed by atoms with Gasteiger partial charge < -0.3 is 10.1 Å². The van der Waals surface area contributed by atoms with Crippen LogP contribution in [-0.2, 0) is 6.61 Å². The summed E-state index contributed by atoms with van der Waals surface area (Å²) in [6.07, 6.45) is 0. The molecule has 0 aliphatic carbocycles. The van der Waals surface area contributed by atoms with Crippen molar-refractivity contribution >= 4 is 17.4 Å². The number of halogens is 1. The van der Waals surface area contributed by atoms with E-state index in [1.165, 1.54) is 0 Å². The summed E-state index contributed by atoms with van der Waals surface area (Å²) in [6, 6.07) is 15.6. The monoisotopic (exact) mass is 286 g/mol. The maximum Gasteiger partial charge on any atom is 0.128 e. The molecule has 102 valence electrons. The average Bonchev–Trinajstić information content (AvgIpc) is 3.00. The molecule has 1 heterocycles. The van der Waals surface area contributed by atoms with E-state index in [-0.39, 0.29) is 0 Å². The van der Waals surface area contributed by atoms with E-state index in [9.17, 15) is 0 Å². The summed E-state index contributed by atoms with van der Waals surface area (Å²) in [5, 5.41) is 3.98. The number of nitrogens with zero attached hydrogens (tertiary/aromatic N) is 1. The number of nitrogens with one attached hydrogen (secondary N) is 1. The zero-order valence-corrected chi connectivity index (χ0v) is 11.7. The van der Waals surface area contributed by atoms with Crippen molar-refractivity contribution in [2.75, 3.05) is 13.1 Å². The van der Waals surface area contributed by atoms with Crippen LogP contribution in [-0.4, -0.2) is 18.9 Å². The summed E-state index contributed by atoms with van der Waals surface area (Å²) in [4.78, 5) is 4.39. The molecule has 0 amide bonds. The first-order chi connectivity index (χ1) is 9.81. The van der Waals surface area contributed by atoms with Crippen molar-refractivity contribution < 1.29 is 4.74 Å². The van der Waals surface area contributed by atoms with E-state index in [1.54, 1.807) is 0 Å². The van der Waals surface area contributed by atoms with E-state index in [1.807, 2.05) is 48.5 Å². The minimum absolute atomic E-state index is 0.513. The fourth-order valence-electron chi connectivity index (χ4n) is 2.09. The first kappa shape index (κ1) is 13.0. The lowest BCUT2D eigenvalue weighted by Crippen LogP contribution is -2.19. The van der Waals surface area contributed by atoms with E-state index < -0.39 is 0 Å². The number of hydrogen-bond donors (Lipinski definition) is 1. The lowest BCUT2D eigenvalue weighted by atomic mass is 10.2. The van der Waals surface area contributed by atoms with Crippen LogP contribution in [0.2, 0.25) is 5.02 Å². The van der Waals surface area contributed by atoms with E-state index in [2.05, 4.69) is 10.3 Å². The maximum absolute atomic E-state index is 5.94. The highest BCUT2D eigenvalue weighted by Gasteiger charge is 2.07. The number of rotatable bonds is 4. The molecule has 1 N–H and O–H groups in total. The zero-order chi connectivity index (χ0) is 13.8. The molecule has 0 atom stereocenters. The van der Waals surface area contributed by atoms with Crippen molar-refractivity contribution in [3.05, 3.63) is 64.7 Å². The second-order valence-electron chi connectivity index (χ2n) is 4.60. The Labute approximate surface area is 123 Å². The number of hydrogen-bond acceptors (Lipinski definition) is 3. The Morgan fingerprint density at radius 2 is 2.00 bits per heavy atom. The molecular formula is C16H15ClN2O. The summed E-state index contributed by atoms with van der Waals surface area (Å²) in [7, 11) is 0. The number of ether oxygens (including phenoxy) is 1. The molecule has 0 unspecified atom stereocenters. The van der Waals surface area contributed by atoms with Crippen LogP contribution in [0, 0.1) is 0 Å². The van der Waals surface area contributed by atoms with Gasteiger partial charge in [-0.15, -0.1) is 0 Å². The highest BCUT2D eigenvalue weighted by molar-refractivity contribution is 6.30. The van der Waals surface area contributed by atoms with Crippen molar-refractivity contribution in [1.29, 1.82) is 0 Å². The van der Waals surface area contributed by atoms with E-state index >= 15 is 0 Å². The third kappa shape index (κ3) is 3.11. The van der Waals surface area contributed by atoms with E-state index in [4.69, 9.17) is 16.3 Å². The normalized spacial score (nSPS) is 13.8. The first-order valence-electron chi connectivity index (χ1n) is 6.57. The summed E-state index contributed by atoms with van der Waals surface area (Å²) in [5.74, 6) is 1.80. The van der Waals surface area contributed by atoms with Gasteiger partial charge in [0.2, 0.25) is 0 Å². The Balaban J connectivity index is 1.63. The molecule has 2 aromatic rings. The van der Waals surface area contributed by atoms with Gasteiger partial charge in [0, 0.05) is 17.1 Å². The molecule has 0 fully saturated rings. The number of amidine groups is 1. The molecule has 1 aliphatic rings. The molecule has 3 nitrogen and oxygen atoms in total. The highest BCUT2D eigenvalue weighted by atomic mass is 35.5. The molecule has 1 aliphatic heterocycles. The van der Waals surface area contributed by atoms with Crippen LogP contribution in [0.3, 0.4) is 0 Å². The van der Waals surface area contributed by atoms with Crippen LogP contribution in [0.25, 0.3) is 0 Å². The molecule has 0 spiro atoms. The molecule has 4 heteroatoms. The van der Waals surface area contributed by atoms with Gasteiger partial charge in [0.15, 0.2) is 0 Å². The average molecular weight is 287 g/mol. The van der Waals surface area contributed by atoms with Gasteiger partial charge in [-0.1, -0.05) is 23.7 Å². The van der Waals surface area contributed by atoms with Crippen LogP contribution in [0.4, 0.5) is 0 Å². The SMILES string of the molecule is Clc1cccc(COc2ccc(C3=NCCN3)cc2)c1. The van der Waals surface area contributed by atoms with Gasteiger partial charge in [0.25, 0.3) is 0 Å². The van der Waals surface area contributed by atoms with Gasteiger partial charge in [0.1, 0.15) is 18.2 Å². The lowest BCUT2D eigenvalue weighted by molar-refractivity contribution is 0.306. The van der Waals surface area contributed by atoms with Gasteiger partial charge in [-0.3, -0.25) is 4.99 Å². The maximum atomic E-state index is 5.94. The number of aliphatic imine (C=N–C) groups is 1. The van der Waals surface area contributed by atoms with Crippen molar-refractivity contribution in [3.8, 4) is 5.75 Å². The van der Waals surface area contributed by atoms with Crippen LogP contribution < -0.4 is 10.1 Å². The summed E-state index contributed by atoms with van der Waals surface area (Å²) >= 11 is 5.94.